The fourth-order valence-corrected chi connectivity index (χ4v) is 2.66. The maximum absolute atomic E-state index is 12.0. The normalized spacial score (nSPS) is 15.9. The number of likely N-dealkylation sites (N-methyl/N-ethyl adjacent to an activating group) is 1. The first-order valence-electron chi connectivity index (χ1n) is 6.66. The molecule has 1 saturated heterocycles. The fraction of sp³-hybridized carbons (Fsp3) is 0.429. The van der Waals surface area contributed by atoms with Crippen LogP contribution < -0.4 is 5.32 Å². The standard InChI is InChI=1S/C14H17Cl2N3O2/c1-18-2-4-19(5-3-18)14(21)9-13(20)17-12-7-10(15)6-11(16)8-12/h6-8H,2-5,9H2,1H3,(H,17,20). The molecule has 2 rings (SSSR count). The van der Waals surface area contributed by atoms with Crippen LogP contribution in [-0.4, -0.2) is 54.8 Å². The summed E-state index contributed by atoms with van der Waals surface area (Å²) in [5.74, 6) is -0.522. The first-order valence-corrected chi connectivity index (χ1v) is 7.42. The van der Waals surface area contributed by atoms with Gasteiger partial charge in [0, 0.05) is 41.9 Å². The highest BCUT2D eigenvalue weighted by Crippen LogP contribution is 2.22. The number of hydrogen-bond donors (Lipinski definition) is 1. The molecule has 1 N–H and O–H groups in total. The van der Waals surface area contributed by atoms with Crippen LogP contribution in [0, 0.1) is 0 Å². The van der Waals surface area contributed by atoms with Gasteiger partial charge >= 0.3 is 0 Å². The molecule has 0 aliphatic carbocycles. The number of nitrogens with one attached hydrogen (secondary N) is 1. The van der Waals surface area contributed by atoms with Gasteiger partial charge in [-0.3, -0.25) is 9.59 Å². The molecule has 0 radical (unpaired) electrons. The summed E-state index contributed by atoms with van der Waals surface area (Å²) in [6.07, 6.45) is -0.173. The molecule has 1 aliphatic rings. The van der Waals surface area contributed by atoms with Gasteiger partial charge in [-0.05, 0) is 25.2 Å². The molecule has 1 heterocycles. The van der Waals surface area contributed by atoms with Crippen LogP contribution in [0.2, 0.25) is 10.0 Å². The Labute approximate surface area is 133 Å². The minimum atomic E-state index is -0.364. The minimum absolute atomic E-state index is 0.159. The molecule has 0 bridgehead atoms. The van der Waals surface area contributed by atoms with Crippen LogP contribution in [-0.2, 0) is 9.59 Å². The van der Waals surface area contributed by atoms with Gasteiger partial charge in [0.1, 0.15) is 6.42 Å². The summed E-state index contributed by atoms with van der Waals surface area (Å²) in [4.78, 5) is 27.8. The number of piperazine rings is 1. The zero-order valence-electron chi connectivity index (χ0n) is 11.7. The second-order valence-electron chi connectivity index (χ2n) is 5.07. The van der Waals surface area contributed by atoms with E-state index >= 15 is 0 Å². The topological polar surface area (TPSA) is 52.7 Å². The number of rotatable bonds is 3. The van der Waals surface area contributed by atoms with E-state index < -0.39 is 0 Å². The molecular weight excluding hydrogens is 313 g/mol. The van der Waals surface area contributed by atoms with Crippen LogP contribution in [0.5, 0.6) is 0 Å². The van der Waals surface area contributed by atoms with Gasteiger partial charge in [0.2, 0.25) is 11.8 Å². The first-order chi connectivity index (χ1) is 9.94. The average Bonchev–Trinajstić information content (AvgIpc) is 2.37. The summed E-state index contributed by atoms with van der Waals surface area (Å²) in [7, 11) is 2.01. The molecule has 1 aliphatic heterocycles. The van der Waals surface area contributed by atoms with Crippen molar-refractivity contribution in [2.24, 2.45) is 0 Å². The van der Waals surface area contributed by atoms with E-state index in [1.807, 2.05) is 7.05 Å². The summed E-state index contributed by atoms with van der Waals surface area (Å²) in [5, 5.41) is 3.50. The number of hydrogen-bond acceptors (Lipinski definition) is 3. The van der Waals surface area contributed by atoms with Gasteiger partial charge in [-0.25, -0.2) is 0 Å². The van der Waals surface area contributed by atoms with Gasteiger partial charge in [-0.15, -0.1) is 0 Å². The highest BCUT2D eigenvalue weighted by Gasteiger charge is 2.21. The van der Waals surface area contributed by atoms with Gasteiger partial charge in [0.15, 0.2) is 0 Å². The van der Waals surface area contributed by atoms with Crippen molar-refractivity contribution in [1.82, 2.24) is 9.80 Å². The zero-order chi connectivity index (χ0) is 15.4. The summed E-state index contributed by atoms with van der Waals surface area (Å²) >= 11 is 11.7. The fourth-order valence-electron chi connectivity index (χ4n) is 2.14. The highest BCUT2D eigenvalue weighted by molar-refractivity contribution is 6.35. The van der Waals surface area contributed by atoms with Crippen LogP contribution in [0.4, 0.5) is 5.69 Å². The van der Waals surface area contributed by atoms with E-state index in [1.54, 1.807) is 23.1 Å². The van der Waals surface area contributed by atoms with Crippen molar-refractivity contribution in [3.05, 3.63) is 28.2 Å². The van der Waals surface area contributed by atoms with Gasteiger partial charge in [-0.1, -0.05) is 23.2 Å². The molecule has 5 nitrogen and oxygen atoms in total. The Morgan fingerprint density at radius 1 is 1.10 bits per heavy atom. The Kier molecular flexibility index (Phi) is 5.45. The molecule has 0 aromatic heterocycles. The summed E-state index contributed by atoms with van der Waals surface area (Å²) in [5.41, 5.74) is 0.490. The molecular formula is C14H17Cl2N3O2. The van der Waals surface area contributed by atoms with Crippen molar-refractivity contribution in [3.8, 4) is 0 Å². The quantitative estimate of drug-likeness (QED) is 0.864. The third-order valence-electron chi connectivity index (χ3n) is 3.31. The molecule has 1 aromatic carbocycles. The molecule has 0 saturated carbocycles. The van der Waals surface area contributed by atoms with Crippen LogP contribution in [0.25, 0.3) is 0 Å². The molecule has 114 valence electrons. The first kappa shape index (κ1) is 16.1. The third-order valence-corrected chi connectivity index (χ3v) is 3.75. The van der Waals surface area contributed by atoms with Crippen LogP contribution >= 0.6 is 23.2 Å². The lowest BCUT2D eigenvalue weighted by Crippen LogP contribution is -2.47. The second kappa shape index (κ2) is 7.11. The molecule has 0 atom stereocenters. The Balaban J connectivity index is 1.88. The van der Waals surface area contributed by atoms with Crippen LogP contribution in [0.1, 0.15) is 6.42 Å². The van der Waals surface area contributed by atoms with E-state index in [9.17, 15) is 9.59 Å². The number of amides is 2. The third kappa shape index (κ3) is 4.88. The van der Waals surface area contributed by atoms with E-state index in [-0.39, 0.29) is 18.2 Å². The second-order valence-corrected chi connectivity index (χ2v) is 5.94. The van der Waals surface area contributed by atoms with Crippen molar-refractivity contribution < 1.29 is 9.59 Å². The Morgan fingerprint density at radius 2 is 1.67 bits per heavy atom. The SMILES string of the molecule is CN1CCN(C(=O)CC(=O)Nc2cc(Cl)cc(Cl)c2)CC1. The predicted molar refractivity (Wildman–Crippen MR) is 83.8 cm³/mol. The number of benzene rings is 1. The van der Waals surface area contributed by atoms with E-state index in [2.05, 4.69) is 10.2 Å². The van der Waals surface area contributed by atoms with E-state index in [0.717, 1.165) is 13.1 Å². The van der Waals surface area contributed by atoms with Gasteiger partial charge in [-0.2, -0.15) is 0 Å². The van der Waals surface area contributed by atoms with E-state index in [0.29, 0.717) is 28.8 Å². The van der Waals surface area contributed by atoms with Crippen molar-refractivity contribution in [2.75, 3.05) is 38.5 Å². The lowest BCUT2D eigenvalue weighted by atomic mass is 10.2. The maximum Gasteiger partial charge on any atom is 0.233 e. The molecule has 21 heavy (non-hydrogen) atoms. The Bertz CT molecular complexity index is 523. The number of anilines is 1. The molecule has 0 spiro atoms. The number of halogens is 2. The van der Waals surface area contributed by atoms with Gasteiger partial charge in [0.25, 0.3) is 0 Å². The highest BCUT2D eigenvalue weighted by atomic mass is 35.5. The van der Waals surface area contributed by atoms with Crippen molar-refractivity contribution in [2.45, 2.75) is 6.42 Å². The summed E-state index contributed by atoms with van der Waals surface area (Å²) in [6, 6.07) is 4.76. The monoisotopic (exact) mass is 329 g/mol. The largest absolute Gasteiger partial charge is 0.340 e. The van der Waals surface area contributed by atoms with Crippen molar-refractivity contribution >= 4 is 40.7 Å². The smallest absolute Gasteiger partial charge is 0.233 e. The zero-order valence-corrected chi connectivity index (χ0v) is 13.2. The molecule has 7 heteroatoms. The molecule has 1 fully saturated rings. The van der Waals surface area contributed by atoms with Crippen LogP contribution in [0.15, 0.2) is 18.2 Å². The Morgan fingerprint density at radius 3 is 2.24 bits per heavy atom. The van der Waals surface area contributed by atoms with Crippen molar-refractivity contribution in [3.63, 3.8) is 0 Å². The lowest BCUT2D eigenvalue weighted by molar-refractivity contribution is -0.135. The summed E-state index contributed by atoms with van der Waals surface area (Å²) in [6.45, 7) is 2.98. The maximum atomic E-state index is 12.0. The van der Waals surface area contributed by atoms with E-state index in [4.69, 9.17) is 23.2 Å². The van der Waals surface area contributed by atoms with Gasteiger partial charge < -0.3 is 15.1 Å². The van der Waals surface area contributed by atoms with Gasteiger partial charge in [0.05, 0.1) is 0 Å². The summed E-state index contributed by atoms with van der Waals surface area (Å²) < 4.78 is 0. The minimum Gasteiger partial charge on any atom is -0.340 e. The molecule has 2 amide bonds. The molecule has 0 unspecified atom stereocenters. The van der Waals surface area contributed by atoms with Crippen molar-refractivity contribution in [1.29, 1.82) is 0 Å². The van der Waals surface area contributed by atoms with E-state index in [1.165, 1.54) is 0 Å². The molecule has 1 aromatic rings. The Hall–Kier alpha value is -1.30. The number of carbonyl (C=O) groups is 2. The lowest BCUT2D eigenvalue weighted by Gasteiger charge is -2.32. The predicted octanol–water partition coefficient (Wildman–Crippen LogP) is 2.10. The number of nitrogens with zero attached hydrogens (tertiary/aromatic N) is 2. The average molecular weight is 330 g/mol. The van der Waals surface area contributed by atoms with Crippen LogP contribution in [0.3, 0.4) is 0 Å². The number of carbonyl (C=O) groups excluding carboxylic acids is 2.